The standard InChI is InChI=1S/C19H30N4O2.2ClH/c1-15(20)4-9-18(24)22-14-16-5-7-17(8-6-16)19(25)21-10-13-23-11-2-3-12-23;;/h5-8,15H,2-4,9-14,20H2,1H3,(H,21,25)(H,22,24);2*1H. The van der Waals surface area contributed by atoms with Gasteiger partial charge >= 0.3 is 0 Å². The monoisotopic (exact) mass is 418 g/mol. The summed E-state index contributed by atoms with van der Waals surface area (Å²) in [7, 11) is 0. The maximum absolute atomic E-state index is 12.1. The van der Waals surface area contributed by atoms with Crippen LogP contribution in [0, 0.1) is 0 Å². The van der Waals surface area contributed by atoms with E-state index in [1.165, 1.54) is 12.8 Å². The van der Waals surface area contributed by atoms with E-state index < -0.39 is 0 Å². The van der Waals surface area contributed by atoms with Crippen LogP contribution in [-0.4, -0.2) is 48.9 Å². The fourth-order valence-electron chi connectivity index (χ4n) is 2.86. The van der Waals surface area contributed by atoms with E-state index in [4.69, 9.17) is 5.73 Å². The van der Waals surface area contributed by atoms with Gasteiger partial charge in [0.2, 0.25) is 5.91 Å². The summed E-state index contributed by atoms with van der Waals surface area (Å²) in [5, 5.41) is 5.83. The first kappa shape index (κ1) is 25.7. The molecule has 1 heterocycles. The van der Waals surface area contributed by atoms with Gasteiger partial charge in [0.05, 0.1) is 0 Å². The highest BCUT2D eigenvalue weighted by Gasteiger charge is 2.11. The lowest BCUT2D eigenvalue weighted by atomic mass is 10.1. The number of halogens is 2. The van der Waals surface area contributed by atoms with Crippen LogP contribution in [0.15, 0.2) is 24.3 Å². The van der Waals surface area contributed by atoms with E-state index in [1.54, 1.807) is 12.1 Å². The van der Waals surface area contributed by atoms with Gasteiger partial charge in [-0.2, -0.15) is 0 Å². The Hall–Kier alpha value is -1.34. The molecule has 154 valence electrons. The van der Waals surface area contributed by atoms with Crippen LogP contribution in [0.1, 0.15) is 48.5 Å². The van der Waals surface area contributed by atoms with Crippen molar-refractivity contribution in [3.05, 3.63) is 35.4 Å². The van der Waals surface area contributed by atoms with E-state index >= 15 is 0 Å². The molecule has 1 aromatic carbocycles. The Morgan fingerprint density at radius 3 is 2.33 bits per heavy atom. The van der Waals surface area contributed by atoms with Gasteiger partial charge in [-0.3, -0.25) is 9.59 Å². The molecule has 2 rings (SSSR count). The summed E-state index contributed by atoms with van der Waals surface area (Å²) in [5.41, 5.74) is 7.26. The molecule has 8 heteroatoms. The van der Waals surface area contributed by atoms with Gasteiger partial charge in [-0.25, -0.2) is 0 Å². The van der Waals surface area contributed by atoms with Gasteiger partial charge in [0.1, 0.15) is 0 Å². The Balaban J connectivity index is 0.00000338. The molecular formula is C19H32Cl2N4O2. The number of amides is 2. The number of nitrogens with two attached hydrogens (primary N) is 1. The van der Waals surface area contributed by atoms with Gasteiger partial charge in [-0.05, 0) is 57.0 Å². The summed E-state index contributed by atoms with van der Waals surface area (Å²) in [6.07, 6.45) is 3.64. The van der Waals surface area contributed by atoms with Crippen LogP contribution < -0.4 is 16.4 Å². The Kier molecular flexibility index (Phi) is 13.1. The second kappa shape index (κ2) is 13.8. The predicted octanol–water partition coefficient (Wildman–Crippen LogP) is 2.10. The Morgan fingerprint density at radius 2 is 1.74 bits per heavy atom. The lowest BCUT2D eigenvalue weighted by Crippen LogP contribution is -2.33. The zero-order valence-electron chi connectivity index (χ0n) is 15.9. The minimum absolute atomic E-state index is 0. The average Bonchev–Trinajstić information content (AvgIpc) is 3.12. The summed E-state index contributed by atoms with van der Waals surface area (Å²) in [4.78, 5) is 26.2. The largest absolute Gasteiger partial charge is 0.352 e. The SMILES string of the molecule is CC(N)CCC(=O)NCc1ccc(C(=O)NCCN2CCCC2)cc1.Cl.Cl. The Labute approximate surface area is 174 Å². The molecule has 0 spiro atoms. The van der Waals surface area contributed by atoms with Crippen molar-refractivity contribution in [1.29, 1.82) is 0 Å². The van der Waals surface area contributed by atoms with Gasteiger partial charge in [0, 0.05) is 37.7 Å². The molecule has 2 amide bonds. The van der Waals surface area contributed by atoms with E-state index in [9.17, 15) is 9.59 Å². The van der Waals surface area contributed by atoms with Gasteiger partial charge in [0.15, 0.2) is 0 Å². The van der Waals surface area contributed by atoms with Crippen molar-refractivity contribution < 1.29 is 9.59 Å². The number of carbonyl (C=O) groups is 2. The molecule has 0 aromatic heterocycles. The van der Waals surface area contributed by atoms with Crippen molar-refractivity contribution in [2.75, 3.05) is 26.2 Å². The molecule has 1 saturated heterocycles. The molecule has 1 unspecified atom stereocenters. The predicted molar refractivity (Wildman–Crippen MR) is 114 cm³/mol. The first-order valence-electron chi connectivity index (χ1n) is 9.16. The first-order chi connectivity index (χ1) is 12.0. The van der Waals surface area contributed by atoms with Gasteiger partial charge < -0.3 is 21.3 Å². The molecule has 1 atom stereocenters. The average molecular weight is 419 g/mol. The minimum Gasteiger partial charge on any atom is -0.352 e. The number of nitrogens with zero attached hydrogens (tertiary/aromatic N) is 1. The molecule has 1 aliphatic heterocycles. The summed E-state index contributed by atoms with van der Waals surface area (Å²) in [6, 6.07) is 7.39. The molecule has 0 radical (unpaired) electrons. The third kappa shape index (κ3) is 9.96. The van der Waals surface area contributed by atoms with E-state index in [2.05, 4.69) is 15.5 Å². The normalized spacial score (nSPS) is 14.6. The van der Waals surface area contributed by atoms with Crippen molar-refractivity contribution in [1.82, 2.24) is 15.5 Å². The van der Waals surface area contributed by atoms with Crippen molar-refractivity contribution in [3.63, 3.8) is 0 Å². The van der Waals surface area contributed by atoms with Crippen LogP contribution in [-0.2, 0) is 11.3 Å². The Morgan fingerprint density at radius 1 is 1.11 bits per heavy atom. The van der Waals surface area contributed by atoms with Crippen LogP contribution in [0.2, 0.25) is 0 Å². The molecule has 1 aliphatic rings. The molecular weight excluding hydrogens is 387 g/mol. The highest BCUT2D eigenvalue weighted by atomic mass is 35.5. The molecule has 1 aromatic rings. The van der Waals surface area contributed by atoms with Gasteiger partial charge in [-0.15, -0.1) is 24.8 Å². The van der Waals surface area contributed by atoms with Crippen molar-refractivity contribution in [2.24, 2.45) is 5.73 Å². The van der Waals surface area contributed by atoms with Crippen LogP contribution in [0.4, 0.5) is 0 Å². The second-order valence-corrected chi connectivity index (χ2v) is 6.79. The lowest BCUT2D eigenvalue weighted by molar-refractivity contribution is -0.121. The number of likely N-dealkylation sites (tertiary alicyclic amines) is 1. The lowest BCUT2D eigenvalue weighted by Gasteiger charge is -2.14. The second-order valence-electron chi connectivity index (χ2n) is 6.79. The number of benzene rings is 1. The summed E-state index contributed by atoms with van der Waals surface area (Å²) in [6.45, 7) is 6.23. The molecule has 0 bridgehead atoms. The number of carbonyl (C=O) groups excluding carboxylic acids is 2. The zero-order valence-corrected chi connectivity index (χ0v) is 17.5. The van der Waals surface area contributed by atoms with Crippen LogP contribution in [0.3, 0.4) is 0 Å². The maximum Gasteiger partial charge on any atom is 0.251 e. The Bertz CT molecular complexity index is 561. The molecule has 1 fully saturated rings. The summed E-state index contributed by atoms with van der Waals surface area (Å²) >= 11 is 0. The third-order valence-corrected chi connectivity index (χ3v) is 4.44. The van der Waals surface area contributed by atoms with Crippen molar-refractivity contribution in [2.45, 2.75) is 45.2 Å². The van der Waals surface area contributed by atoms with Crippen LogP contribution in [0.5, 0.6) is 0 Å². The number of hydrogen-bond donors (Lipinski definition) is 3. The van der Waals surface area contributed by atoms with E-state index in [1.807, 2.05) is 19.1 Å². The molecule has 0 aliphatic carbocycles. The highest BCUT2D eigenvalue weighted by molar-refractivity contribution is 5.94. The van der Waals surface area contributed by atoms with Crippen LogP contribution >= 0.6 is 24.8 Å². The fraction of sp³-hybridized carbons (Fsp3) is 0.579. The van der Waals surface area contributed by atoms with E-state index in [0.29, 0.717) is 31.5 Å². The highest BCUT2D eigenvalue weighted by Crippen LogP contribution is 2.07. The number of rotatable bonds is 9. The summed E-state index contributed by atoms with van der Waals surface area (Å²) < 4.78 is 0. The first-order valence-corrected chi connectivity index (χ1v) is 9.16. The minimum atomic E-state index is -0.0493. The van der Waals surface area contributed by atoms with Crippen LogP contribution in [0.25, 0.3) is 0 Å². The topological polar surface area (TPSA) is 87.5 Å². The maximum atomic E-state index is 12.1. The van der Waals surface area contributed by atoms with Crippen molar-refractivity contribution >= 4 is 36.6 Å². The third-order valence-electron chi connectivity index (χ3n) is 4.44. The fourth-order valence-corrected chi connectivity index (χ4v) is 2.86. The van der Waals surface area contributed by atoms with E-state index in [0.717, 1.165) is 25.2 Å². The molecule has 4 N–H and O–H groups in total. The quantitative estimate of drug-likeness (QED) is 0.572. The van der Waals surface area contributed by atoms with Gasteiger partial charge in [0.25, 0.3) is 5.91 Å². The molecule has 27 heavy (non-hydrogen) atoms. The number of nitrogens with one attached hydrogen (secondary N) is 2. The smallest absolute Gasteiger partial charge is 0.251 e. The summed E-state index contributed by atoms with van der Waals surface area (Å²) in [5.74, 6) is -0.0484. The molecule has 0 saturated carbocycles. The van der Waals surface area contributed by atoms with Gasteiger partial charge in [-0.1, -0.05) is 12.1 Å². The molecule has 6 nitrogen and oxygen atoms in total. The van der Waals surface area contributed by atoms with E-state index in [-0.39, 0.29) is 42.7 Å². The number of hydrogen-bond acceptors (Lipinski definition) is 4. The van der Waals surface area contributed by atoms with Crippen molar-refractivity contribution in [3.8, 4) is 0 Å². The zero-order chi connectivity index (χ0) is 18.1.